The van der Waals surface area contributed by atoms with Gasteiger partial charge in [0.1, 0.15) is 0 Å². The van der Waals surface area contributed by atoms with Crippen LogP contribution in [0.4, 0.5) is 4.79 Å². The maximum Gasteiger partial charge on any atom is 0.317 e. The van der Waals surface area contributed by atoms with E-state index in [1.807, 2.05) is 4.90 Å². The van der Waals surface area contributed by atoms with Crippen LogP contribution in [0.3, 0.4) is 0 Å². The van der Waals surface area contributed by atoms with E-state index in [1.54, 1.807) is 0 Å². The first-order valence-corrected chi connectivity index (χ1v) is 7.80. The van der Waals surface area contributed by atoms with Gasteiger partial charge in [0.2, 0.25) is 0 Å². The highest BCUT2D eigenvalue weighted by molar-refractivity contribution is 5.74. The molecule has 1 aliphatic carbocycles. The summed E-state index contributed by atoms with van der Waals surface area (Å²) < 4.78 is 0. The van der Waals surface area contributed by atoms with Crippen molar-refractivity contribution in [3.63, 3.8) is 0 Å². The predicted molar refractivity (Wildman–Crippen MR) is 76.7 cm³/mol. The van der Waals surface area contributed by atoms with Crippen LogP contribution in [0.1, 0.15) is 65.2 Å². The number of rotatable bonds is 7. The summed E-state index contributed by atoms with van der Waals surface area (Å²) in [6.45, 7) is 6.97. The third-order valence-electron chi connectivity index (χ3n) is 3.83. The van der Waals surface area contributed by atoms with Crippen LogP contribution in [0, 0.1) is 5.92 Å². The lowest BCUT2D eigenvalue weighted by Gasteiger charge is -2.26. The normalized spacial score (nSPS) is 16.6. The molecule has 2 amide bonds. The molecule has 0 aromatic heterocycles. The molecule has 106 valence electrons. The number of unbranched alkanes of at least 4 members (excludes halogenated alkanes) is 1. The van der Waals surface area contributed by atoms with E-state index in [9.17, 15) is 4.79 Å². The molecule has 1 saturated carbocycles. The summed E-state index contributed by atoms with van der Waals surface area (Å²) in [6.07, 6.45) is 9.95. The highest BCUT2D eigenvalue weighted by atomic mass is 16.2. The Morgan fingerprint density at radius 1 is 1.11 bits per heavy atom. The first-order valence-electron chi connectivity index (χ1n) is 7.80. The van der Waals surface area contributed by atoms with Gasteiger partial charge >= 0.3 is 6.03 Å². The lowest BCUT2D eigenvalue weighted by Crippen LogP contribution is -2.42. The molecular weight excluding hydrogens is 224 g/mol. The van der Waals surface area contributed by atoms with Gasteiger partial charge < -0.3 is 10.2 Å². The molecule has 0 aliphatic heterocycles. The maximum absolute atomic E-state index is 12.1. The van der Waals surface area contributed by atoms with Crippen molar-refractivity contribution in [2.24, 2.45) is 5.92 Å². The number of urea groups is 1. The molecule has 0 radical (unpaired) electrons. The lowest BCUT2D eigenvalue weighted by atomic mass is 9.89. The maximum atomic E-state index is 12.1. The Morgan fingerprint density at radius 2 is 1.83 bits per heavy atom. The van der Waals surface area contributed by atoms with Gasteiger partial charge in [0, 0.05) is 19.6 Å². The summed E-state index contributed by atoms with van der Waals surface area (Å²) in [5.74, 6) is 0.720. The van der Waals surface area contributed by atoms with Crippen molar-refractivity contribution < 1.29 is 4.79 Å². The van der Waals surface area contributed by atoms with E-state index >= 15 is 0 Å². The van der Waals surface area contributed by atoms with Crippen LogP contribution in [0.2, 0.25) is 0 Å². The highest BCUT2D eigenvalue weighted by Gasteiger charge is 2.16. The fourth-order valence-corrected chi connectivity index (χ4v) is 2.67. The molecular formula is C15H30N2O. The van der Waals surface area contributed by atoms with E-state index in [4.69, 9.17) is 0 Å². The van der Waals surface area contributed by atoms with Crippen molar-refractivity contribution in [1.29, 1.82) is 0 Å². The summed E-state index contributed by atoms with van der Waals surface area (Å²) in [6, 6.07) is 0.149. The topological polar surface area (TPSA) is 32.3 Å². The average molecular weight is 254 g/mol. The standard InChI is InChI=1S/C15H30N2O/c1-3-5-12-17(11-4-2)15(18)16-13-14-9-7-6-8-10-14/h14H,3-13H2,1-2H3,(H,16,18). The predicted octanol–water partition coefficient (Wildman–Crippen LogP) is 3.79. The largest absolute Gasteiger partial charge is 0.338 e. The smallest absolute Gasteiger partial charge is 0.317 e. The minimum absolute atomic E-state index is 0.149. The second kappa shape index (κ2) is 9.23. The minimum atomic E-state index is 0.149. The van der Waals surface area contributed by atoms with Gasteiger partial charge in [-0.15, -0.1) is 0 Å². The number of hydrogen-bond acceptors (Lipinski definition) is 1. The van der Waals surface area contributed by atoms with Crippen LogP contribution in [-0.2, 0) is 0 Å². The average Bonchev–Trinajstić information content (AvgIpc) is 2.42. The second-order valence-electron chi connectivity index (χ2n) is 5.53. The highest BCUT2D eigenvalue weighted by Crippen LogP contribution is 2.22. The first-order chi connectivity index (χ1) is 8.77. The Morgan fingerprint density at radius 3 is 2.44 bits per heavy atom. The summed E-state index contributed by atoms with van der Waals surface area (Å²) >= 11 is 0. The van der Waals surface area contributed by atoms with Gasteiger partial charge in [-0.25, -0.2) is 4.79 Å². The van der Waals surface area contributed by atoms with Crippen molar-refractivity contribution in [3.8, 4) is 0 Å². The summed E-state index contributed by atoms with van der Waals surface area (Å²) in [4.78, 5) is 14.1. The molecule has 1 aliphatic rings. The van der Waals surface area contributed by atoms with Gasteiger partial charge in [-0.2, -0.15) is 0 Å². The Hall–Kier alpha value is -0.730. The summed E-state index contributed by atoms with van der Waals surface area (Å²) in [7, 11) is 0. The molecule has 0 atom stereocenters. The number of carbonyl (C=O) groups is 1. The Bertz CT molecular complexity index is 225. The number of nitrogens with zero attached hydrogens (tertiary/aromatic N) is 1. The summed E-state index contributed by atoms with van der Waals surface area (Å²) in [5.41, 5.74) is 0. The molecule has 0 spiro atoms. The van der Waals surface area contributed by atoms with Crippen LogP contribution in [0.15, 0.2) is 0 Å². The number of amides is 2. The molecule has 0 aromatic carbocycles. The van der Waals surface area contributed by atoms with Gasteiger partial charge in [-0.3, -0.25) is 0 Å². The van der Waals surface area contributed by atoms with Crippen LogP contribution >= 0.6 is 0 Å². The molecule has 0 unspecified atom stereocenters. The van der Waals surface area contributed by atoms with E-state index in [-0.39, 0.29) is 6.03 Å². The number of carbonyl (C=O) groups excluding carboxylic acids is 1. The van der Waals surface area contributed by atoms with E-state index in [0.29, 0.717) is 0 Å². The number of nitrogens with one attached hydrogen (secondary N) is 1. The van der Waals surface area contributed by atoms with E-state index < -0.39 is 0 Å². The van der Waals surface area contributed by atoms with Crippen LogP contribution in [-0.4, -0.2) is 30.6 Å². The van der Waals surface area contributed by atoms with Gasteiger partial charge in [0.25, 0.3) is 0 Å². The molecule has 0 heterocycles. The molecule has 18 heavy (non-hydrogen) atoms. The second-order valence-corrected chi connectivity index (χ2v) is 5.53. The zero-order chi connectivity index (χ0) is 13.2. The Kier molecular flexibility index (Phi) is 7.86. The fraction of sp³-hybridized carbons (Fsp3) is 0.933. The van der Waals surface area contributed by atoms with E-state index in [1.165, 1.54) is 32.1 Å². The summed E-state index contributed by atoms with van der Waals surface area (Å²) in [5, 5.41) is 3.13. The monoisotopic (exact) mass is 254 g/mol. The first kappa shape index (κ1) is 15.3. The molecule has 1 N–H and O–H groups in total. The quantitative estimate of drug-likeness (QED) is 0.736. The van der Waals surface area contributed by atoms with Gasteiger partial charge in [0.05, 0.1) is 0 Å². The molecule has 0 aromatic rings. The molecule has 1 rings (SSSR count). The van der Waals surface area contributed by atoms with Gasteiger partial charge in [0.15, 0.2) is 0 Å². The van der Waals surface area contributed by atoms with Crippen molar-refractivity contribution >= 4 is 6.03 Å². The molecule has 1 fully saturated rings. The van der Waals surface area contributed by atoms with Crippen molar-refractivity contribution in [3.05, 3.63) is 0 Å². The molecule has 0 saturated heterocycles. The third kappa shape index (κ3) is 5.74. The third-order valence-corrected chi connectivity index (χ3v) is 3.83. The molecule has 3 heteroatoms. The van der Waals surface area contributed by atoms with Crippen molar-refractivity contribution in [2.45, 2.75) is 65.2 Å². The number of hydrogen-bond donors (Lipinski definition) is 1. The van der Waals surface area contributed by atoms with Gasteiger partial charge in [-0.05, 0) is 31.6 Å². The SMILES string of the molecule is CCCCN(CCC)C(=O)NCC1CCCCC1. The zero-order valence-corrected chi connectivity index (χ0v) is 12.2. The van der Waals surface area contributed by atoms with E-state index in [0.717, 1.165) is 44.8 Å². The van der Waals surface area contributed by atoms with Crippen LogP contribution in [0.25, 0.3) is 0 Å². The molecule has 3 nitrogen and oxygen atoms in total. The lowest BCUT2D eigenvalue weighted by molar-refractivity contribution is 0.193. The zero-order valence-electron chi connectivity index (χ0n) is 12.2. The van der Waals surface area contributed by atoms with Crippen molar-refractivity contribution in [1.82, 2.24) is 10.2 Å². The van der Waals surface area contributed by atoms with Gasteiger partial charge in [-0.1, -0.05) is 39.5 Å². The fourth-order valence-electron chi connectivity index (χ4n) is 2.67. The van der Waals surface area contributed by atoms with E-state index in [2.05, 4.69) is 19.2 Å². The van der Waals surface area contributed by atoms with Crippen molar-refractivity contribution in [2.75, 3.05) is 19.6 Å². The Balaban J connectivity index is 2.26. The Labute approximate surface area is 112 Å². The van der Waals surface area contributed by atoms with Crippen LogP contribution in [0.5, 0.6) is 0 Å². The van der Waals surface area contributed by atoms with Crippen LogP contribution < -0.4 is 5.32 Å². The molecule has 0 bridgehead atoms. The minimum Gasteiger partial charge on any atom is -0.338 e.